The maximum Gasteiger partial charge on any atom is 0.261 e. The van der Waals surface area contributed by atoms with E-state index in [1.165, 1.54) is 10.8 Å². The van der Waals surface area contributed by atoms with Crippen LogP contribution in [0.15, 0.2) is 90.4 Å². The third-order valence-corrected chi connectivity index (χ3v) is 6.74. The minimum atomic E-state index is -0.270. The molecule has 3 heterocycles. The maximum absolute atomic E-state index is 13.1. The minimum Gasteiger partial charge on any atom is -0.376 e. The smallest absolute Gasteiger partial charge is 0.261 e. The molecular weight excluding hydrogens is 464 g/mol. The molecule has 0 saturated heterocycles. The fourth-order valence-electron chi connectivity index (χ4n) is 4.84. The van der Waals surface area contributed by atoms with Gasteiger partial charge < -0.3 is 24.5 Å². The van der Waals surface area contributed by atoms with E-state index < -0.39 is 0 Å². The molecule has 6 aromatic rings. The number of nitrogens with one attached hydrogen (secondary N) is 2. The molecule has 0 amide bonds. The number of imidazole rings is 2. The van der Waals surface area contributed by atoms with Crippen molar-refractivity contribution in [1.29, 1.82) is 0 Å². The first-order valence-corrected chi connectivity index (χ1v) is 12.1. The minimum absolute atomic E-state index is 0.228. The average Bonchev–Trinajstić information content (AvgIpc) is 3.60. The highest BCUT2D eigenvalue weighted by Gasteiger charge is 2.19. The lowest BCUT2D eigenvalue weighted by atomic mass is 10.0. The largest absolute Gasteiger partial charge is 0.376 e. The van der Waals surface area contributed by atoms with Crippen molar-refractivity contribution in [3.63, 3.8) is 0 Å². The van der Waals surface area contributed by atoms with Crippen LogP contribution < -0.4 is 10.5 Å². The third kappa shape index (κ3) is 4.28. The Balaban J connectivity index is 1.35. The Kier molecular flexibility index (Phi) is 5.78. The predicted octanol–water partition coefficient (Wildman–Crippen LogP) is 4.56. The first-order valence-electron chi connectivity index (χ1n) is 12.1. The second-order valence-corrected chi connectivity index (χ2v) is 9.12. The Bertz CT molecular complexity index is 1770. The number of nitrogens with zero attached hydrogens (tertiary/aromatic N) is 4. The number of aryl methyl sites for hydroxylation is 1. The molecule has 0 bridgehead atoms. The summed E-state index contributed by atoms with van der Waals surface area (Å²) in [6, 6.07) is 20.5. The molecule has 0 spiro atoms. The van der Waals surface area contributed by atoms with E-state index in [9.17, 15) is 9.90 Å². The van der Waals surface area contributed by atoms with Crippen LogP contribution in [0.4, 0.5) is 5.69 Å². The van der Waals surface area contributed by atoms with Gasteiger partial charge in [0.2, 0.25) is 0 Å². The maximum atomic E-state index is 13.1. The molecule has 8 heteroatoms. The van der Waals surface area contributed by atoms with Crippen LogP contribution in [0.25, 0.3) is 38.9 Å². The van der Waals surface area contributed by atoms with E-state index in [-0.39, 0.29) is 12.3 Å². The van der Waals surface area contributed by atoms with Gasteiger partial charge in [-0.3, -0.25) is 4.79 Å². The fourth-order valence-corrected chi connectivity index (χ4v) is 4.84. The molecule has 3 aromatic heterocycles. The number of aliphatic hydroxyl groups excluding tert-OH is 1. The third-order valence-electron chi connectivity index (χ3n) is 6.74. The zero-order valence-electron chi connectivity index (χ0n) is 20.3. The zero-order valence-corrected chi connectivity index (χ0v) is 20.3. The van der Waals surface area contributed by atoms with Crippen molar-refractivity contribution >= 4 is 27.5 Å². The molecule has 8 nitrogen and oxygen atoms in total. The number of aromatic nitrogens is 5. The number of hydrogen-bond donors (Lipinski definition) is 3. The second-order valence-electron chi connectivity index (χ2n) is 9.12. The first-order chi connectivity index (χ1) is 18.1. The van der Waals surface area contributed by atoms with Crippen molar-refractivity contribution in [2.45, 2.75) is 13.3 Å². The normalized spacial score (nSPS) is 11.4. The van der Waals surface area contributed by atoms with Crippen molar-refractivity contribution in [1.82, 2.24) is 24.5 Å². The molecule has 0 radical (unpaired) electrons. The monoisotopic (exact) mass is 490 g/mol. The number of hydrogen-bond acceptors (Lipinski definition) is 5. The number of aromatic amines is 2. The highest BCUT2D eigenvalue weighted by Crippen LogP contribution is 2.29. The molecule has 184 valence electrons. The van der Waals surface area contributed by atoms with Crippen LogP contribution in [-0.4, -0.2) is 42.9 Å². The molecule has 3 aromatic carbocycles. The van der Waals surface area contributed by atoms with Crippen molar-refractivity contribution in [2.75, 3.05) is 18.2 Å². The number of anilines is 1. The Morgan fingerprint density at radius 1 is 1.05 bits per heavy atom. The molecule has 0 aliphatic carbocycles. The summed E-state index contributed by atoms with van der Waals surface area (Å²) in [6.07, 6.45) is 7.67. The summed E-state index contributed by atoms with van der Waals surface area (Å²) < 4.78 is 1.92. The van der Waals surface area contributed by atoms with Gasteiger partial charge in [-0.15, -0.1) is 0 Å². The highest BCUT2D eigenvalue weighted by molar-refractivity contribution is 5.86. The Hall–Kier alpha value is -4.69. The molecule has 37 heavy (non-hydrogen) atoms. The Morgan fingerprint density at radius 2 is 1.92 bits per heavy atom. The standard InChI is InChI=1S/C29H26N6O2/c1-19-14-23(34-13-11-30-17-34)16-24-27(19)33-28(32-24)26-25(8-10-31-29(26)37)35(18-36)12-9-20-6-7-21-4-2-3-5-22(21)15-20/h2-8,10-11,13-17,36H,9,12,18H2,1H3,(H,31,37)(H,32,33). The highest BCUT2D eigenvalue weighted by atomic mass is 16.3. The number of benzene rings is 3. The van der Waals surface area contributed by atoms with Crippen LogP contribution >= 0.6 is 0 Å². The molecule has 3 N–H and O–H groups in total. The number of H-pyrrole nitrogens is 2. The summed E-state index contributed by atoms with van der Waals surface area (Å²) >= 11 is 0. The van der Waals surface area contributed by atoms with Gasteiger partial charge in [0.25, 0.3) is 5.56 Å². The van der Waals surface area contributed by atoms with E-state index in [1.54, 1.807) is 23.6 Å². The summed E-state index contributed by atoms with van der Waals surface area (Å²) in [7, 11) is 0. The number of fused-ring (bicyclic) bond motifs is 2. The van der Waals surface area contributed by atoms with E-state index in [4.69, 9.17) is 4.98 Å². The molecular formula is C29H26N6O2. The van der Waals surface area contributed by atoms with Gasteiger partial charge in [0.05, 0.1) is 23.0 Å². The molecule has 0 fully saturated rings. The first kappa shape index (κ1) is 22.8. The molecule has 0 atom stereocenters. The van der Waals surface area contributed by atoms with Crippen molar-refractivity contribution in [3.05, 3.63) is 107 Å². The molecule has 0 aliphatic rings. The van der Waals surface area contributed by atoms with Gasteiger partial charge in [-0.2, -0.15) is 0 Å². The fraction of sp³-hybridized carbons (Fsp3) is 0.138. The molecule has 6 rings (SSSR count). The van der Waals surface area contributed by atoms with Gasteiger partial charge in [-0.1, -0.05) is 42.5 Å². The summed E-state index contributed by atoms with van der Waals surface area (Å²) in [4.78, 5) is 29.9. The molecule has 0 unspecified atom stereocenters. The van der Waals surface area contributed by atoms with Gasteiger partial charge in [-0.25, -0.2) is 9.97 Å². The second kappa shape index (κ2) is 9.40. The van der Waals surface area contributed by atoms with Crippen LogP contribution in [0.3, 0.4) is 0 Å². The quantitative estimate of drug-likeness (QED) is 0.285. The number of pyridine rings is 1. The van der Waals surface area contributed by atoms with Crippen LogP contribution in [0.5, 0.6) is 0 Å². The zero-order chi connectivity index (χ0) is 25.4. The number of rotatable bonds is 7. The van der Waals surface area contributed by atoms with Crippen LogP contribution in [0, 0.1) is 6.92 Å². The molecule has 0 saturated carbocycles. The van der Waals surface area contributed by atoms with E-state index in [1.807, 2.05) is 48.0 Å². The van der Waals surface area contributed by atoms with Crippen molar-refractivity contribution in [2.24, 2.45) is 0 Å². The van der Waals surface area contributed by atoms with Crippen molar-refractivity contribution < 1.29 is 5.11 Å². The summed E-state index contributed by atoms with van der Waals surface area (Å²) in [5.74, 6) is 0.460. The topological polar surface area (TPSA) is 103 Å². The van der Waals surface area contributed by atoms with Gasteiger partial charge in [0.15, 0.2) is 0 Å². The summed E-state index contributed by atoms with van der Waals surface area (Å²) in [5, 5.41) is 12.7. The van der Waals surface area contributed by atoms with E-state index in [0.717, 1.165) is 27.8 Å². The van der Waals surface area contributed by atoms with Crippen LogP contribution in [0.2, 0.25) is 0 Å². The van der Waals surface area contributed by atoms with Crippen molar-refractivity contribution in [3.8, 4) is 17.1 Å². The van der Waals surface area contributed by atoms with Gasteiger partial charge in [0, 0.05) is 30.8 Å². The van der Waals surface area contributed by atoms with E-state index >= 15 is 0 Å². The Labute approximate surface area is 212 Å². The van der Waals surface area contributed by atoms with Gasteiger partial charge in [0.1, 0.15) is 18.1 Å². The predicted molar refractivity (Wildman–Crippen MR) is 146 cm³/mol. The lowest BCUT2D eigenvalue weighted by molar-refractivity contribution is 0.291. The van der Waals surface area contributed by atoms with Gasteiger partial charge in [-0.05, 0) is 53.4 Å². The summed E-state index contributed by atoms with van der Waals surface area (Å²) in [5.41, 5.74) is 5.45. The SMILES string of the molecule is Cc1cc(-n2ccnc2)cc2[nH]c(-c3c(N(CO)CCc4ccc5ccccc5c4)cc[nH]c3=O)nc12. The van der Waals surface area contributed by atoms with E-state index in [2.05, 4.69) is 45.3 Å². The lowest BCUT2D eigenvalue weighted by Gasteiger charge is -2.24. The van der Waals surface area contributed by atoms with E-state index in [0.29, 0.717) is 30.0 Å². The Morgan fingerprint density at radius 3 is 2.73 bits per heavy atom. The van der Waals surface area contributed by atoms with Crippen LogP contribution in [0.1, 0.15) is 11.1 Å². The lowest BCUT2D eigenvalue weighted by Crippen LogP contribution is -2.29. The molecule has 0 aliphatic heterocycles. The average molecular weight is 491 g/mol. The van der Waals surface area contributed by atoms with Gasteiger partial charge >= 0.3 is 0 Å². The summed E-state index contributed by atoms with van der Waals surface area (Å²) in [6.45, 7) is 2.30. The van der Waals surface area contributed by atoms with Crippen LogP contribution in [-0.2, 0) is 6.42 Å². The number of aliphatic hydroxyl groups is 1.